The first-order chi connectivity index (χ1) is 6.58. The highest BCUT2D eigenvalue weighted by atomic mass is 16.5. The number of carbonyl (C=O) groups is 2. The van der Waals surface area contributed by atoms with Crippen LogP contribution in [-0.4, -0.2) is 18.4 Å². The van der Waals surface area contributed by atoms with E-state index in [1.54, 1.807) is 0 Å². The Morgan fingerprint density at radius 2 is 1.79 bits per heavy atom. The molecule has 14 heavy (non-hydrogen) atoms. The van der Waals surface area contributed by atoms with E-state index in [-0.39, 0.29) is 11.8 Å². The number of hydrogen-bond donors (Lipinski definition) is 0. The third kappa shape index (κ3) is 16.9. The molecule has 0 aliphatic rings. The first-order valence-electron chi connectivity index (χ1n) is 4.50. The fourth-order valence-electron chi connectivity index (χ4n) is 0.376. The van der Waals surface area contributed by atoms with Gasteiger partial charge in [-0.25, -0.2) is 4.79 Å². The van der Waals surface area contributed by atoms with Crippen molar-refractivity contribution in [3.05, 3.63) is 25.3 Å². The molecule has 80 valence electrons. The Labute approximate surface area is 85.5 Å². The summed E-state index contributed by atoms with van der Waals surface area (Å²) in [5.74, 6) is -0.312. The lowest BCUT2D eigenvalue weighted by molar-refractivity contribution is -0.137. The zero-order valence-electron chi connectivity index (χ0n) is 8.91. The smallest absolute Gasteiger partial charge is 0.330 e. The predicted molar refractivity (Wildman–Crippen MR) is 56.9 cm³/mol. The largest absolute Gasteiger partial charge is 0.463 e. The number of hydrogen-bond acceptors (Lipinski definition) is 3. The molecule has 0 radical (unpaired) electrons. The molecule has 3 heteroatoms. The predicted octanol–water partition coefficient (Wildman–Crippen LogP) is 2.28. The van der Waals surface area contributed by atoms with E-state index in [1.807, 2.05) is 6.92 Å². The average Bonchev–Trinajstić information content (AvgIpc) is 2.19. The van der Waals surface area contributed by atoms with Gasteiger partial charge in [-0.2, -0.15) is 0 Å². The summed E-state index contributed by atoms with van der Waals surface area (Å²) < 4.78 is 4.67. The minimum absolute atomic E-state index is 0.0185. The second-order valence-corrected chi connectivity index (χ2v) is 2.54. The van der Waals surface area contributed by atoms with Crippen molar-refractivity contribution < 1.29 is 14.3 Å². The number of rotatable bonds is 5. The van der Waals surface area contributed by atoms with Crippen LogP contribution in [0.2, 0.25) is 0 Å². The molecule has 0 aliphatic carbocycles. The number of esters is 1. The molecular formula is C11H18O3. The van der Waals surface area contributed by atoms with Crippen LogP contribution in [0, 0.1) is 0 Å². The Morgan fingerprint density at radius 3 is 2.07 bits per heavy atom. The van der Waals surface area contributed by atoms with E-state index in [0.717, 1.165) is 12.8 Å². The maximum absolute atomic E-state index is 10.3. The van der Waals surface area contributed by atoms with Gasteiger partial charge >= 0.3 is 5.97 Å². The lowest BCUT2D eigenvalue weighted by Gasteiger charge is -1.97. The summed E-state index contributed by atoms with van der Waals surface area (Å²) in [7, 11) is 0. The van der Waals surface area contributed by atoms with E-state index < -0.39 is 0 Å². The Morgan fingerprint density at radius 1 is 1.29 bits per heavy atom. The lowest BCUT2D eigenvalue weighted by Crippen LogP contribution is -2.00. The third-order valence-electron chi connectivity index (χ3n) is 1.20. The molecule has 0 atom stereocenters. The fourth-order valence-corrected chi connectivity index (χ4v) is 0.376. The summed E-state index contributed by atoms with van der Waals surface area (Å²) in [6, 6.07) is 0. The summed E-state index contributed by atoms with van der Waals surface area (Å²) in [5, 5.41) is 0. The van der Waals surface area contributed by atoms with E-state index in [0.29, 0.717) is 6.61 Å². The van der Waals surface area contributed by atoms with Crippen LogP contribution in [-0.2, 0) is 14.3 Å². The topological polar surface area (TPSA) is 43.4 Å². The Hall–Kier alpha value is -1.38. The molecule has 0 aliphatic heterocycles. The zero-order chi connectivity index (χ0) is 11.4. The molecule has 0 aromatic heterocycles. The minimum atomic E-state index is -0.330. The molecule has 0 amide bonds. The van der Waals surface area contributed by atoms with Crippen LogP contribution in [0.3, 0.4) is 0 Å². The molecule has 0 rings (SSSR count). The van der Waals surface area contributed by atoms with Crippen molar-refractivity contribution in [3.8, 4) is 0 Å². The third-order valence-corrected chi connectivity index (χ3v) is 1.20. The Balaban J connectivity index is 0. The van der Waals surface area contributed by atoms with Crippen LogP contribution in [0.25, 0.3) is 0 Å². The van der Waals surface area contributed by atoms with Gasteiger partial charge in [0.1, 0.15) is 0 Å². The van der Waals surface area contributed by atoms with Gasteiger partial charge < -0.3 is 4.74 Å². The van der Waals surface area contributed by atoms with Crippen LogP contribution in [0.4, 0.5) is 0 Å². The molecule has 0 N–H and O–H groups in total. The van der Waals surface area contributed by atoms with Gasteiger partial charge in [0, 0.05) is 6.08 Å². The van der Waals surface area contributed by atoms with Crippen molar-refractivity contribution in [2.45, 2.75) is 26.7 Å². The van der Waals surface area contributed by atoms with Crippen molar-refractivity contribution in [3.63, 3.8) is 0 Å². The van der Waals surface area contributed by atoms with Crippen molar-refractivity contribution in [1.82, 2.24) is 0 Å². The van der Waals surface area contributed by atoms with Gasteiger partial charge in [0.25, 0.3) is 0 Å². The van der Waals surface area contributed by atoms with Crippen LogP contribution in [0.1, 0.15) is 26.7 Å². The molecule has 0 spiro atoms. The van der Waals surface area contributed by atoms with Gasteiger partial charge in [-0.1, -0.05) is 26.5 Å². The maximum atomic E-state index is 10.3. The highest BCUT2D eigenvalue weighted by Crippen LogP contribution is 1.88. The van der Waals surface area contributed by atoms with Crippen molar-refractivity contribution in [2.24, 2.45) is 0 Å². The Kier molecular flexibility index (Phi) is 12.5. The summed E-state index contributed by atoms with van der Waals surface area (Å²) in [4.78, 5) is 20.0. The maximum Gasteiger partial charge on any atom is 0.330 e. The Bertz CT molecular complexity index is 195. The molecule has 0 saturated heterocycles. The second kappa shape index (κ2) is 11.6. The van der Waals surface area contributed by atoms with Gasteiger partial charge in [0.2, 0.25) is 0 Å². The monoisotopic (exact) mass is 198 g/mol. The summed E-state index contributed by atoms with van der Waals surface area (Å²) in [5.41, 5.74) is 0. The fraction of sp³-hybridized carbons (Fsp3) is 0.455. The van der Waals surface area contributed by atoms with Gasteiger partial charge in [0.15, 0.2) is 5.78 Å². The molecule has 0 bridgehead atoms. The van der Waals surface area contributed by atoms with E-state index in [2.05, 4.69) is 17.9 Å². The quantitative estimate of drug-likeness (QED) is 0.386. The SMILES string of the molecule is C=CC(=O)OCCCC.C=CC(C)=O. The number of ether oxygens (including phenoxy) is 1. The average molecular weight is 198 g/mol. The zero-order valence-corrected chi connectivity index (χ0v) is 8.91. The van der Waals surface area contributed by atoms with Crippen LogP contribution < -0.4 is 0 Å². The van der Waals surface area contributed by atoms with Gasteiger partial charge in [-0.15, -0.1) is 0 Å². The molecule has 0 fully saturated rings. The lowest BCUT2D eigenvalue weighted by atomic mass is 10.4. The van der Waals surface area contributed by atoms with E-state index in [4.69, 9.17) is 0 Å². The van der Waals surface area contributed by atoms with E-state index in [9.17, 15) is 9.59 Å². The molecule has 0 saturated carbocycles. The first-order valence-corrected chi connectivity index (χ1v) is 4.50. The molecular weight excluding hydrogens is 180 g/mol. The summed E-state index contributed by atoms with van der Waals surface area (Å²) in [6.45, 7) is 10.5. The van der Waals surface area contributed by atoms with Crippen molar-refractivity contribution in [1.29, 1.82) is 0 Å². The second-order valence-electron chi connectivity index (χ2n) is 2.54. The minimum Gasteiger partial charge on any atom is -0.463 e. The van der Waals surface area contributed by atoms with Crippen molar-refractivity contribution >= 4 is 11.8 Å². The number of carbonyl (C=O) groups excluding carboxylic acids is 2. The number of allylic oxidation sites excluding steroid dienone is 1. The van der Waals surface area contributed by atoms with Gasteiger partial charge in [-0.3, -0.25) is 4.79 Å². The van der Waals surface area contributed by atoms with Crippen LogP contribution in [0.15, 0.2) is 25.3 Å². The van der Waals surface area contributed by atoms with E-state index >= 15 is 0 Å². The molecule has 0 aromatic carbocycles. The van der Waals surface area contributed by atoms with Crippen molar-refractivity contribution in [2.75, 3.05) is 6.61 Å². The first kappa shape index (κ1) is 15.1. The summed E-state index contributed by atoms with van der Waals surface area (Å²) >= 11 is 0. The van der Waals surface area contributed by atoms with Gasteiger partial charge in [0.05, 0.1) is 6.61 Å². The molecule has 0 unspecified atom stereocenters. The van der Waals surface area contributed by atoms with Crippen LogP contribution in [0.5, 0.6) is 0 Å². The van der Waals surface area contributed by atoms with E-state index in [1.165, 1.54) is 19.1 Å². The number of ketones is 1. The standard InChI is InChI=1S/C7H12O2.C4H6O/c1-3-5-6-9-7(8)4-2;1-3-4(2)5/h4H,2-3,5-6H2,1H3;3H,1H2,2H3. The van der Waals surface area contributed by atoms with Gasteiger partial charge in [-0.05, 0) is 19.4 Å². The molecule has 0 aromatic rings. The normalized spacial score (nSPS) is 7.86. The highest BCUT2D eigenvalue weighted by molar-refractivity contribution is 5.86. The highest BCUT2D eigenvalue weighted by Gasteiger charge is 1.91. The van der Waals surface area contributed by atoms with Crippen LogP contribution >= 0.6 is 0 Å². The number of unbranched alkanes of at least 4 members (excludes halogenated alkanes) is 1. The summed E-state index contributed by atoms with van der Waals surface area (Å²) in [6.07, 6.45) is 4.43. The molecule has 0 heterocycles. The molecule has 3 nitrogen and oxygen atoms in total.